The van der Waals surface area contributed by atoms with E-state index >= 15 is 0 Å². The monoisotopic (exact) mass is 335 g/mol. The molecule has 126 valence electrons. The van der Waals surface area contributed by atoms with Gasteiger partial charge in [-0.15, -0.1) is 0 Å². The van der Waals surface area contributed by atoms with Crippen LogP contribution in [0.4, 0.5) is 5.69 Å². The molecule has 0 spiro atoms. The number of carbonyl (C=O) groups is 2. The van der Waals surface area contributed by atoms with E-state index in [1.807, 2.05) is 30.3 Å². The second kappa shape index (κ2) is 7.00. The number of carboxylic acids is 1. The third-order valence-corrected chi connectivity index (χ3v) is 3.82. The largest absolute Gasteiger partial charge is 0.478 e. The second-order valence-corrected chi connectivity index (χ2v) is 5.67. The van der Waals surface area contributed by atoms with E-state index in [0.717, 1.165) is 5.56 Å². The number of aryl methyl sites for hydroxylation is 1. The Bertz CT molecular complexity index is 917. The summed E-state index contributed by atoms with van der Waals surface area (Å²) >= 11 is 0. The fourth-order valence-corrected chi connectivity index (χ4v) is 2.54. The molecule has 3 aromatic rings. The predicted octanol–water partition coefficient (Wildman–Crippen LogP) is 3.19. The van der Waals surface area contributed by atoms with Crippen LogP contribution in [0.1, 0.15) is 31.8 Å². The number of aromatic nitrogens is 2. The second-order valence-electron chi connectivity index (χ2n) is 5.67. The average molecular weight is 335 g/mol. The number of carbonyl (C=O) groups excluding carboxylic acids is 1. The normalized spacial score (nSPS) is 10.4. The summed E-state index contributed by atoms with van der Waals surface area (Å²) < 4.78 is 1.67. The smallest absolute Gasteiger partial charge is 0.337 e. The number of hydrogen-bond donors (Lipinski definition) is 2. The molecule has 3 rings (SSSR count). The van der Waals surface area contributed by atoms with Gasteiger partial charge in [0.15, 0.2) is 0 Å². The van der Waals surface area contributed by atoms with Gasteiger partial charge in [-0.25, -0.2) is 4.79 Å². The van der Waals surface area contributed by atoms with E-state index in [1.165, 1.54) is 12.3 Å². The van der Waals surface area contributed by atoms with Crippen LogP contribution >= 0.6 is 0 Å². The van der Waals surface area contributed by atoms with Gasteiger partial charge in [-0.05, 0) is 24.1 Å². The van der Waals surface area contributed by atoms with Gasteiger partial charge in [0.05, 0.1) is 29.6 Å². The summed E-state index contributed by atoms with van der Waals surface area (Å²) in [5.74, 6) is -1.48. The Morgan fingerprint density at radius 3 is 2.60 bits per heavy atom. The van der Waals surface area contributed by atoms with Crippen molar-refractivity contribution in [3.05, 3.63) is 83.2 Å². The number of nitrogens with zero attached hydrogens (tertiary/aromatic N) is 2. The molecular formula is C19H17N3O3. The van der Waals surface area contributed by atoms with Crippen LogP contribution in [0.2, 0.25) is 0 Å². The van der Waals surface area contributed by atoms with Crippen LogP contribution in [0.15, 0.2) is 60.9 Å². The molecule has 0 fully saturated rings. The maximum absolute atomic E-state index is 12.4. The van der Waals surface area contributed by atoms with E-state index < -0.39 is 11.9 Å². The molecule has 0 aliphatic heterocycles. The molecule has 0 saturated carbocycles. The summed E-state index contributed by atoms with van der Waals surface area (Å²) in [7, 11) is 0. The SMILES string of the molecule is Cc1cccc(C(=O)O)c1NC(=O)c1cnn(Cc2ccccc2)c1. The van der Waals surface area contributed by atoms with E-state index in [-0.39, 0.29) is 5.56 Å². The van der Waals surface area contributed by atoms with E-state index in [4.69, 9.17) is 0 Å². The zero-order chi connectivity index (χ0) is 17.8. The maximum Gasteiger partial charge on any atom is 0.337 e. The standard InChI is InChI=1S/C19H17N3O3/c1-13-6-5-9-16(19(24)25)17(13)21-18(23)15-10-20-22(12-15)11-14-7-3-2-4-8-14/h2-10,12H,11H2,1H3,(H,21,23)(H,24,25). The van der Waals surface area contributed by atoms with Crippen LogP contribution in [0.3, 0.4) is 0 Å². The number of nitrogens with one attached hydrogen (secondary N) is 1. The van der Waals surface area contributed by atoms with E-state index in [0.29, 0.717) is 23.4 Å². The van der Waals surface area contributed by atoms with Crippen molar-refractivity contribution in [3.8, 4) is 0 Å². The van der Waals surface area contributed by atoms with Crippen LogP contribution in [0, 0.1) is 6.92 Å². The van der Waals surface area contributed by atoms with Crippen molar-refractivity contribution in [1.29, 1.82) is 0 Å². The van der Waals surface area contributed by atoms with Gasteiger partial charge in [-0.1, -0.05) is 42.5 Å². The fourth-order valence-electron chi connectivity index (χ4n) is 2.54. The van der Waals surface area contributed by atoms with E-state index in [1.54, 1.807) is 29.9 Å². The number of hydrogen-bond acceptors (Lipinski definition) is 3. The summed E-state index contributed by atoms with van der Waals surface area (Å²) in [5, 5.41) is 16.1. The lowest BCUT2D eigenvalue weighted by atomic mass is 10.1. The molecule has 1 amide bonds. The van der Waals surface area contributed by atoms with Gasteiger partial charge in [0.25, 0.3) is 5.91 Å². The van der Waals surface area contributed by atoms with Crippen molar-refractivity contribution < 1.29 is 14.7 Å². The minimum Gasteiger partial charge on any atom is -0.478 e. The minimum atomic E-state index is -1.08. The highest BCUT2D eigenvalue weighted by atomic mass is 16.4. The number of para-hydroxylation sites is 1. The van der Waals surface area contributed by atoms with Gasteiger partial charge in [0.1, 0.15) is 0 Å². The lowest BCUT2D eigenvalue weighted by Gasteiger charge is -2.10. The molecule has 0 unspecified atom stereocenters. The Morgan fingerprint density at radius 1 is 1.12 bits per heavy atom. The van der Waals surface area contributed by atoms with Crippen molar-refractivity contribution in [2.45, 2.75) is 13.5 Å². The first-order valence-corrected chi connectivity index (χ1v) is 7.75. The predicted molar refractivity (Wildman–Crippen MR) is 93.9 cm³/mol. The average Bonchev–Trinajstić information content (AvgIpc) is 3.06. The molecule has 0 aliphatic rings. The van der Waals surface area contributed by atoms with Gasteiger partial charge in [-0.3, -0.25) is 9.48 Å². The van der Waals surface area contributed by atoms with E-state index in [9.17, 15) is 14.7 Å². The van der Waals surface area contributed by atoms with Gasteiger partial charge < -0.3 is 10.4 Å². The molecular weight excluding hydrogens is 318 g/mol. The molecule has 25 heavy (non-hydrogen) atoms. The molecule has 1 aromatic heterocycles. The molecule has 0 aliphatic carbocycles. The summed E-state index contributed by atoms with van der Waals surface area (Å²) in [4.78, 5) is 23.8. The zero-order valence-electron chi connectivity index (χ0n) is 13.6. The first-order valence-electron chi connectivity index (χ1n) is 7.75. The van der Waals surface area contributed by atoms with Gasteiger partial charge >= 0.3 is 5.97 Å². The Kier molecular flexibility index (Phi) is 4.61. The fraction of sp³-hybridized carbons (Fsp3) is 0.105. The Morgan fingerprint density at radius 2 is 1.88 bits per heavy atom. The Hall–Kier alpha value is -3.41. The molecule has 6 nitrogen and oxygen atoms in total. The maximum atomic E-state index is 12.4. The Balaban J connectivity index is 1.78. The molecule has 1 heterocycles. The summed E-state index contributed by atoms with van der Waals surface area (Å²) in [6.45, 7) is 2.31. The van der Waals surface area contributed by atoms with Crippen LogP contribution in [0.25, 0.3) is 0 Å². The van der Waals surface area contributed by atoms with Crippen LogP contribution in [0.5, 0.6) is 0 Å². The summed E-state index contributed by atoms with van der Waals surface area (Å²) in [6, 6.07) is 14.6. The third kappa shape index (κ3) is 3.74. The molecule has 6 heteroatoms. The third-order valence-electron chi connectivity index (χ3n) is 3.82. The highest BCUT2D eigenvalue weighted by molar-refractivity contribution is 6.08. The highest BCUT2D eigenvalue weighted by Gasteiger charge is 2.16. The highest BCUT2D eigenvalue weighted by Crippen LogP contribution is 2.21. The van der Waals surface area contributed by atoms with Crippen molar-refractivity contribution >= 4 is 17.6 Å². The molecule has 2 aromatic carbocycles. The van der Waals surface area contributed by atoms with Crippen molar-refractivity contribution in [2.24, 2.45) is 0 Å². The van der Waals surface area contributed by atoms with E-state index in [2.05, 4.69) is 10.4 Å². The topological polar surface area (TPSA) is 84.2 Å². The molecule has 0 bridgehead atoms. The zero-order valence-corrected chi connectivity index (χ0v) is 13.6. The molecule has 0 atom stereocenters. The minimum absolute atomic E-state index is 0.0602. The van der Waals surface area contributed by atoms with Gasteiger partial charge in [-0.2, -0.15) is 5.10 Å². The lowest BCUT2D eigenvalue weighted by molar-refractivity contribution is 0.0698. The number of carboxylic acid groups (broad SMARTS) is 1. The number of rotatable bonds is 5. The number of amides is 1. The lowest BCUT2D eigenvalue weighted by Crippen LogP contribution is -2.15. The van der Waals surface area contributed by atoms with Crippen LogP contribution < -0.4 is 5.32 Å². The number of anilines is 1. The first kappa shape index (κ1) is 16.4. The van der Waals surface area contributed by atoms with Gasteiger partial charge in [0.2, 0.25) is 0 Å². The summed E-state index contributed by atoms with van der Waals surface area (Å²) in [5.41, 5.74) is 2.49. The molecule has 2 N–H and O–H groups in total. The van der Waals surface area contributed by atoms with Crippen LogP contribution in [-0.2, 0) is 6.54 Å². The molecule has 0 radical (unpaired) electrons. The number of aromatic carboxylic acids is 1. The summed E-state index contributed by atoms with van der Waals surface area (Å²) in [6.07, 6.45) is 3.11. The van der Waals surface area contributed by atoms with Crippen molar-refractivity contribution in [2.75, 3.05) is 5.32 Å². The van der Waals surface area contributed by atoms with Gasteiger partial charge in [0, 0.05) is 6.20 Å². The quantitative estimate of drug-likeness (QED) is 0.750. The number of benzene rings is 2. The van der Waals surface area contributed by atoms with Crippen molar-refractivity contribution in [1.82, 2.24) is 9.78 Å². The molecule has 0 saturated heterocycles. The van der Waals surface area contributed by atoms with Crippen molar-refractivity contribution in [3.63, 3.8) is 0 Å². The Labute approximate surface area is 144 Å². The van der Waals surface area contributed by atoms with Crippen LogP contribution in [-0.4, -0.2) is 26.8 Å². The first-order chi connectivity index (χ1) is 12.0.